The summed E-state index contributed by atoms with van der Waals surface area (Å²) < 4.78 is 3.73. The maximum absolute atomic E-state index is 4.31. The molecule has 6 heteroatoms. The predicted octanol–water partition coefficient (Wildman–Crippen LogP) is -0.119. The van der Waals surface area contributed by atoms with Crippen molar-refractivity contribution in [1.29, 1.82) is 0 Å². The molecule has 2 rings (SSSR count). The minimum Gasteiger partial charge on any atom is -0.320 e. The van der Waals surface area contributed by atoms with Crippen molar-refractivity contribution in [2.24, 2.45) is 14.1 Å². The Morgan fingerprint density at radius 3 is 2.88 bits per heavy atom. The Morgan fingerprint density at radius 1 is 1.38 bits per heavy atom. The molecule has 0 unspecified atom stereocenters. The van der Waals surface area contributed by atoms with Gasteiger partial charge in [-0.05, 0) is 6.07 Å². The van der Waals surface area contributed by atoms with Crippen LogP contribution in [0, 0.1) is 0 Å². The van der Waals surface area contributed by atoms with Crippen LogP contribution in [0.15, 0.2) is 18.6 Å². The molecule has 0 aliphatic heterocycles. The third kappa shape index (κ3) is 2.66. The Hall–Kier alpha value is -1.69. The first kappa shape index (κ1) is 10.8. The Balaban J connectivity index is 1.71. The van der Waals surface area contributed by atoms with E-state index in [-0.39, 0.29) is 0 Å². The molecule has 2 heterocycles. The second kappa shape index (κ2) is 4.89. The lowest BCUT2D eigenvalue weighted by Gasteiger charge is -2.02. The Labute approximate surface area is 94.3 Å². The summed E-state index contributed by atoms with van der Waals surface area (Å²) in [6, 6.07) is 2.03. The normalized spacial score (nSPS) is 10.9. The van der Waals surface area contributed by atoms with Crippen LogP contribution in [0.5, 0.6) is 0 Å². The minimum atomic E-state index is 0.739. The first-order chi connectivity index (χ1) is 7.75. The van der Waals surface area contributed by atoms with Crippen molar-refractivity contribution in [3.63, 3.8) is 0 Å². The highest BCUT2D eigenvalue weighted by molar-refractivity contribution is 4.99. The minimum absolute atomic E-state index is 0.739. The van der Waals surface area contributed by atoms with Gasteiger partial charge in [-0.15, -0.1) is 10.2 Å². The highest BCUT2D eigenvalue weighted by Crippen LogP contribution is 1.95. The molecule has 0 bridgehead atoms. The van der Waals surface area contributed by atoms with Crippen molar-refractivity contribution in [1.82, 2.24) is 29.9 Å². The van der Waals surface area contributed by atoms with Crippen molar-refractivity contribution in [2.75, 3.05) is 6.54 Å². The fraction of sp³-hybridized carbons (Fsp3) is 0.500. The highest BCUT2D eigenvalue weighted by Gasteiger charge is 2.00. The Bertz CT molecular complexity index is 444. The van der Waals surface area contributed by atoms with Gasteiger partial charge in [0.15, 0.2) is 0 Å². The predicted molar refractivity (Wildman–Crippen MR) is 59.6 cm³/mol. The molecule has 2 aromatic heterocycles. The Morgan fingerprint density at radius 2 is 2.25 bits per heavy atom. The summed E-state index contributed by atoms with van der Waals surface area (Å²) in [7, 11) is 3.87. The molecule has 2 aromatic rings. The molecule has 6 nitrogen and oxygen atoms in total. The van der Waals surface area contributed by atoms with Gasteiger partial charge in [0.05, 0.1) is 12.2 Å². The third-order valence-electron chi connectivity index (χ3n) is 2.42. The Kier molecular flexibility index (Phi) is 3.31. The van der Waals surface area contributed by atoms with Crippen LogP contribution in [0.1, 0.15) is 11.5 Å². The average molecular weight is 220 g/mol. The molecule has 0 radical (unpaired) electrons. The lowest BCUT2D eigenvalue weighted by atomic mass is 10.3. The summed E-state index contributed by atoms with van der Waals surface area (Å²) >= 11 is 0. The van der Waals surface area contributed by atoms with E-state index in [4.69, 9.17) is 0 Å². The van der Waals surface area contributed by atoms with Crippen LogP contribution in [-0.2, 0) is 27.1 Å². The number of hydrogen-bond acceptors (Lipinski definition) is 4. The van der Waals surface area contributed by atoms with E-state index in [0.717, 1.165) is 31.0 Å². The van der Waals surface area contributed by atoms with E-state index >= 15 is 0 Å². The van der Waals surface area contributed by atoms with Crippen molar-refractivity contribution in [3.05, 3.63) is 30.1 Å². The summed E-state index contributed by atoms with van der Waals surface area (Å²) in [5.74, 6) is 0.945. The topological polar surface area (TPSA) is 60.6 Å². The summed E-state index contributed by atoms with van der Waals surface area (Å²) in [4.78, 5) is 0. The zero-order valence-corrected chi connectivity index (χ0v) is 9.59. The monoisotopic (exact) mass is 220 g/mol. The molecular formula is C10H16N6. The number of nitrogens with one attached hydrogen (secondary N) is 1. The molecule has 0 aromatic carbocycles. The smallest absolute Gasteiger partial charge is 0.146 e. The van der Waals surface area contributed by atoms with Gasteiger partial charge in [0, 0.05) is 33.3 Å². The van der Waals surface area contributed by atoms with E-state index in [0.29, 0.717) is 0 Å². The zero-order chi connectivity index (χ0) is 11.4. The molecule has 0 aliphatic carbocycles. The summed E-state index contributed by atoms with van der Waals surface area (Å²) in [6.45, 7) is 1.63. The molecule has 86 valence electrons. The summed E-state index contributed by atoms with van der Waals surface area (Å²) in [5, 5.41) is 15.4. The van der Waals surface area contributed by atoms with Crippen molar-refractivity contribution >= 4 is 0 Å². The number of rotatable bonds is 5. The van der Waals surface area contributed by atoms with Gasteiger partial charge >= 0.3 is 0 Å². The van der Waals surface area contributed by atoms with E-state index < -0.39 is 0 Å². The van der Waals surface area contributed by atoms with Crippen LogP contribution in [0.2, 0.25) is 0 Å². The largest absolute Gasteiger partial charge is 0.320 e. The molecule has 0 atom stereocenters. The second-order valence-electron chi connectivity index (χ2n) is 3.77. The molecule has 0 fully saturated rings. The van der Waals surface area contributed by atoms with Gasteiger partial charge in [-0.3, -0.25) is 4.68 Å². The van der Waals surface area contributed by atoms with E-state index in [9.17, 15) is 0 Å². The van der Waals surface area contributed by atoms with Gasteiger partial charge in [-0.25, -0.2) is 0 Å². The van der Waals surface area contributed by atoms with Crippen LogP contribution in [0.3, 0.4) is 0 Å². The van der Waals surface area contributed by atoms with Crippen LogP contribution in [0.25, 0.3) is 0 Å². The molecule has 1 N–H and O–H groups in total. The van der Waals surface area contributed by atoms with E-state index in [2.05, 4.69) is 20.6 Å². The molecule has 0 aliphatic rings. The van der Waals surface area contributed by atoms with Crippen molar-refractivity contribution in [3.8, 4) is 0 Å². The van der Waals surface area contributed by atoms with Gasteiger partial charge < -0.3 is 9.88 Å². The van der Waals surface area contributed by atoms with Crippen LogP contribution >= 0.6 is 0 Å². The third-order valence-corrected chi connectivity index (χ3v) is 2.42. The summed E-state index contributed by atoms with van der Waals surface area (Å²) in [5.41, 5.74) is 1.10. The molecule has 0 spiro atoms. The molecule has 0 saturated carbocycles. The summed E-state index contributed by atoms with van der Waals surface area (Å²) in [6.07, 6.45) is 4.59. The molecule has 16 heavy (non-hydrogen) atoms. The van der Waals surface area contributed by atoms with Crippen molar-refractivity contribution in [2.45, 2.75) is 13.0 Å². The molecule has 0 amide bonds. The number of aryl methyl sites for hydroxylation is 2. The van der Waals surface area contributed by atoms with Crippen LogP contribution in [-0.4, -0.2) is 31.1 Å². The maximum atomic E-state index is 4.31. The van der Waals surface area contributed by atoms with Gasteiger partial charge in [-0.2, -0.15) is 5.10 Å². The van der Waals surface area contributed by atoms with Gasteiger partial charge in [-0.1, -0.05) is 0 Å². The first-order valence-electron chi connectivity index (χ1n) is 5.28. The lowest BCUT2D eigenvalue weighted by Crippen LogP contribution is -2.19. The zero-order valence-electron chi connectivity index (χ0n) is 9.59. The number of hydrogen-bond donors (Lipinski definition) is 1. The van der Waals surface area contributed by atoms with Crippen LogP contribution in [0.4, 0.5) is 0 Å². The SMILES string of the molecule is Cn1ccc(CCNCc2nncn2C)n1. The second-order valence-corrected chi connectivity index (χ2v) is 3.77. The quantitative estimate of drug-likeness (QED) is 0.714. The maximum Gasteiger partial charge on any atom is 0.146 e. The van der Waals surface area contributed by atoms with E-state index in [1.54, 1.807) is 6.33 Å². The van der Waals surface area contributed by atoms with Gasteiger partial charge in [0.25, 0.3) is 0 Å². The van der Waals surface area contributed by atoms with E-state index in [1.165, 1.54) is 0 Å². The van der Waals surface area contributed by atoms with E-state index in [1.807, 2.05) is 35.6 Å². The lowest BCUT2D eigenvalue weighted by molar-refractivity contribution is 0.626. The van der Waals surface area contributed by atoms with Gasteiger partial charge in [0.1, 0.15) is 12.2 Å². The standard InChI is InChI=1S/C10H16N6/c1-15-8-12-13-10(15)7-11-5-3-9-4-6-16(2)14-9/h4,6,8,11H,3,5,7H2,1-2H3. The van der Waals surface area contributed by atoms with Crippen molar-refractivity contribution < 1.29 is 0 Å². The average Bonchev–Trinajstić information content (AvgIpc) is 2.83. The molecular weight excluding hydrogens is 204 g/mol. The number of aromatic nitrogens is 5. The molecule has 0 saturated heterocycles. The fourth-order valence-corrected chi connectivity index (χ4v) is 1.48. The first-order valence-corrected chi connectivity index (χ1v) is 5.28. The van der Waals surface area contributed by atoms with Gasteiger partial charge in [0.2, 0.25) is 0 Å². The number of nitrogens with zero attached hydrogens (tertiary/aromatic N) is 5. The fourth-order valence-electron chi connectivity index (χ4n) is 1.48. The van der Waals surface area contributed by atoms with Crippen LogP contribution < -0.4 is 5.32 Å². The highest BCUT2D eigenvalue weighted by atomic mass is 15.3.